The van der Waals surface area contributed by atoms with Crippen molar-refractivity contribution in [1.82, 2.24) is 4.98 Å². The molecule has 1 amide bonds. The Morgan fingerprint density at radius 1 is 0.963 bits per heavy atom. The van der Waals surface area contributed by atoms with E-state index in [0.29, 0.717) is 5.56 Å². The van der Waals surface area contributed by atoms with Crippen LogP contribution in [-0.2, 0) is 0 Å². The molecule has 1 aromatic heterocycles. The fraction of sp³-hybridized carbons (Fsp3) is 0.455. The van der Waals surface area contributed by atoms with E-state index in [-0.39, 0.29) is 5.91 Å². The maximum absolute atomic E-state index is 12.5. The molecule has 2 aliphatic rings. The van der Waals surface area contributed by atoms with Gasteiger partial charge in [-0.2, -0.15) is 0 Å². The lowest BCUT2D eigenvalue weighted by Gasteiger charge is -2.32. The second-order valence-corrected chi connectivity index (χ2v) is 7.77. The third-order valence-corrected chi connectivity index (χ3v) is 5.71. The molecular formula is C22H28N4O. The summed E-state index contributed by atoms with van der Waals surface area (Å²) in [6.45, 7) is 6.66. The Balaban J connectivity index is 1.36. The van der Waals surface area contributed by atoms with E-state index in [4.69, 9.17) is 0 Å². The molecular weight excluding hydrogens is 336 g/mol. The first-order valence-electron chi connectivity index (χ1n) is 10.1. The lowest BCUT2D eigenvalue weighted by Crippen LogP contribution is -2.32. The Morgan fingerprint density at radius 3 is 2.30 bits per heavy atom. The van der Waals surface area contributed by atoms with Crippen molar-refractivity contribution in [2.24, 2.45) is 5.92 Å². The van der Waals surface area contributed by atoms with Crippen LogP contribution in [0.15, 0.2) is 42.6 Å². The zero-order chi connectivity index (χ0) is 18.6. The molecule has 27 heavy (non-hydrogen) atoms. The SMILES string of the molecule is CC1CCN(c2ccc(NC(=O)c3ccc(N4CCCC4)nc3)cc2)CC1. The summed E-state index contributed by atoms with van der Waals surface area (Å²) in [4.78, 5) is 21.6. The maximum atomic E-state index is 12.5. The molecule has 3 heterocycles. The summed E-state index contributed by atoms with van der Waals surface area (Å²) in [5.74, 6) is 1.67. The molecule has 5 heteroatoms. The molecule has 2 fully saturated rings. The molecule has 4 rings (SSSR count). The number of hydrogen-bond donors (Lipinski definition) is 1. The Labute approximate surface area is 161 Å². The highest BCUT2D eigenvalue weighted by Gasteiger charge is 2.17. The van der Waals surface area contributed by atoms with Crippen LogP contribution in [0.3, 0.4) is 0 Å². The van der Waals surface area contributed by atoms with Gasteiger partial charge in [-0.25, -0.2) is 4.98 Å². The average Bonchev–Trinajstić information content (AvgIpc) is 3.24. The van der Waals surface area contributed by atoms with Crippen LogP contribution in [0.2, 0.25) is 0 Å². The van der Waals surface area contributed by atoms with E-state index in [1.807, 2.05) is 24.3 Å². The number of hydrogen-bond acceptors (Lipinski definition) is 4. The topological polar surface area (TPSA) is 48.5 Å². The number of rotatable bonds is 4. The summed E-state index contributed by atoms with van der Waals surface area (Å²) in [6, 6.07) is 12.0. The van der Waals surface area contributed by atoms with Crippen LogP contribution in [0.4, 0.5) is 17.2 Å². The fourth-order valence-corrected chi connectivity index (χ4v) is 3.88. The zero-order valence-electron chi connectivity index (χ0n) is 16.0. The molecule has 2 aromatic rings. The highest BCUT2D eigenvalue weighted by Crippen LogP contribution is 2.24. The first-order valence-corrected chi connectivity index (χ1v) is 10.1. The smallest absolute Gasteiger partial charge is 0.257 e. The van der Waals surface area contributed by atoms with Crippen molar-refractivity contribution in [3.63, 3.8) is 0 Å². The minimum atomic E-state index is -0.116. The average molecular weight is 364 g/mol. The van der Waals surface area contributed by atoms with Gasteiger partial charge in [0.25, 0.3) is 5.91 Å². The maximum Gasteiger partial charge on any atom is 0.257 e. The molecule has 0 bridgehead atoms. The molecule has 5 nitrogen and oxygen atoms in total. The lowest BCUT2D eigenvalue weighted by atomic mass is 9.99. The minimum Gasteiger partial charge on any atom is -0.372 e. The van der Waals surface area contributed by atoms with E-state index >= 15 is 0 Å². The number of amides is 1. The van der Waals surface area contributed by atoms with E-state index in [0.717, 1.165) is 43.6 Å². The zero-order valence-corrected chi connectivity index (χ0v) is 16.0. The van der Waals surface area contributed by atoms with Gasteiger partial charge < -0.3 is 15.1 Å². The quantitative estimate of drug-likeness (QED) is 0.884. The van der Waals surface area contributed by atoms with Crippen LogP contribution in [0.1, 0.15) is 43.0 Å². The van der Waals surface area contributed by atoms with E-state index < -0.39 is 0 Å². The summed E-state index contributed by atoms with van der Waals surface area (Å²) in [5, 5.41) is 2.97. The van der Waals surface area contributed by atoms with E-state index in [1.165, 1.54) is 31.4 Å². The predicted octanol–water partition coefficient (Wildman–Crippen LogP) is 4.17. The molecule has 0 unspecified atom stereocenters. The van der Waals surface area contributed by atoms with Crippen molar-refractivity contribution < 1.29 is 4.79 Å². The van der Waals surface area contributed by atoms with Gasteiger partial charge in [0.1, 0.15) is 5.82 Å². The largest absolute Gasteiger partial charge is 0.372 e. The van der Waals surface area contributed by atoms with Crippen LogP contribution in [0, 0.1) is 5.92 Å². The number of aromatic nitrogens is 1. The van der Waals surface area contributed by atoms with Gasteiger partial charge in [-0.1, -0.05) is 6.92 Å². The monoisotopic (exact) mass is 364 g/mol. The molecule has 1 N–H and O–H groups in total. The summed E-state index contributed by atoms with van der Waals surface area (Å²) in [6.07, 6.45) is 6.61. The molecule has 142 valence electrons. The molecule has 0 spiro atoms. The van der Waals surface area contributed by atoms with Crippen molar-refractivity contribution in [2.75, 3.05) is 41.3 Å². The van der Waals surface area contributed by atoms with Crippen LogP contribution < -0.4 is 15.1 Å². The van der Waals surface area contributed by atoms with Crippen molar-refractivity contribution in [1.29, 1.82) is 0 Å². The molecule has 1 aromatic carbocycles. The number of anilines is 3. The highest BCUT2D eigenvalue weighted by atomic mass is 16.1. The third kappa shape index (κ3) is 4.24. The Morgan fingerprint density at radius 2 is 1.67 bits per heavy atom. The minimum absolute atomic E-state index is 0.116. The van der Waals surface area contributed by atoms with Crippen LogP contribution in [-0.4, -0.2) is 37.1 Å². The van der Waals surface area contributed by atoms with Crippen LogP contribution >= 0.6 is 0 Å². The van der Waals surface area contributed by atoms with Crippen molar-refractivity contribution >= 4 is 23.1 Å². The summed E-state index contributed by atoms with van der Waals surface area (Å²) in [7, 11) is 0. The van der Waals surface area contributed by atoms with E-state index in [9.17, 15) is 4.79 Å². The van der Waals surface area contributed by atoms with E-state index in [2.05, 4.69) is 39.2 Å². The molecule has 0 aliphatic carbocycles. The highest BCUT2D eigenvalue weighted by molar-refractivity contribution is 6.04. The number of pyridine rings is 1. The van der Waals surface area contributed by atoms with Gasteiger partial charge >= 0.3 is 0 Å². The number of carbonyl (C=O) groups is 1. The molecule has 0 atom stereocenters. The van der Waals surface area contributed by atoms with Gasteiger partial charge in [-0.05, 0) is 68.0 Å². The standard InChI is InChI=1S/C22H28N4O/c1-17-10-14-25(15-11-17)20-7-5-19(6-8-20)24-22(27)18-4-9-21(23-16-18)26-12-2-3-13-26/h4-9,16-17H,2-3,10-15H2,1H3,(H,24,27). The second kappa shape index (κ2) is 7.99. The van der Waals surface area contributed by atoms with Crippen molar-refractivity contribution in [2.45, 2.75) is 32.6 Å². The number of nitrogens with one attached hydrogen (secondary N) is 1. The summed E-state index contributed by atoms with van der Waals surface area (Å²) < 4.78 is 0. The first kappa shape index (κ1) is 17.8. The number of carbonyl (C=O) groups excluding carboxylic acids is 1. The predicted molar refractivity (Wildman–Crippen MR) is 111 cm³/mol. The molecule has 0 radical (unpaired) electrons. The number of piperidine rings is 1. The molecule has 2 saturated heterocycles. The van der Waals surface area contributed by atoms with Crippen molar-refractivity contribution in [3.8, 4) is 0 Å². The number of benzene rings is 1. The third-order valence-electron chi connectivity index (χ3n) is 5.71. The summed E-state index contributed by atoms with van der Waals surface area (Å²) in [5.41, 5.74) is 2.64. The molecule has 0 saturated carbocycles. The Bertz CT molecular complexity index is 758. The second-order valence-electron chi connectivity index (χ2n) is 7.77. The van der Waals surface area contributed by atoms with Crippen LogP contribution in [0.5, 0.6) is 0 Å². The number of nitrogens with zero attached hydrogens (tertiary/aromatic N) is 3. The van der Waals surface area contributed by atoms with Gasteiger partial charge in [0.15, 0.2) is 0 Å². The Kier molecular flexibility index (Phi) is 5.28. The lowest BCUT2D eigenvalue weighted by molar-refractivity contribution is 0.102. The fourth-order valence-electron chi connectivity index (χ4n) is 3.88. The van der Waals surface area contributed by atoms with Crippen molar-refractivity contribution in [3.05, 3.63) is 48.2 Å². The van der Waals surface area contributed by atoms with Gasteiger partial charge in [0.05, 0.1) is 5.56 Å². The van der Waals surface area contributed by atoms with Gasteiger partial charge in [-0.3, -0.25) is 4.79 Å². The van der Waals surface area contributed by atoms with Gasteiger partial charge in [-0.15, -0.1) is 0 Å². The Hall–Kier alpha value is -2.56. The van der Waals surface area contributed by atoms with Gasteiger partial charge in [0, 0.05) is 43.8 Å². The molecule has 2 aliphatic heterocycles. The first-order chi connectivity index (χ1) is 13.2. The normalized spacial score (nSPS) is 18.0. The van der Waals surface area contributed by atoms with E-state index in [1.54, 1.807) is 6.20 Å². The summed E-state index contributed by atoms with van der Waals surface area (Å²) >= 11 is 0. The van der Waals surface area contributed by atoms with Gasteiger partial charge in [0.2, 0.25) is 0 Å². The van der Waals surface area contributed by atoms with Crippen LogP contribution in [0.25, 0.3) is 0 Å².